The summed E-state index contributed by atoms with van der Waals surface area (Å²) in [5.74, 6) is 0.0560. The van der Waals surface area contributed by atoms with Gasteiger partial charge in [-0.25, -0.2) is 4.98 Å². The highest BCUT2D eigenvalue weighted by atomic mass is 16.5. The zero-order valence-electron chi connectivity index (χ0n) is 13.0. The van der Waals surface area contributed by atoms with Crippen LogP contribution in [0.1, 0.15) is 36.2 Å². The van der Waals surface area contributed by atoms with Crippen molar-refractivity contribution in [3.05, 3.63) is 18.1 Å². The van der Waals surface area contributed by atoms with E-state index in [9.17, 15) is 9.90 Å². The molecule has 0 aromatic carbocycles. The summed E-state index contributed by atoms with van der Waals surface area (Å²) in [7, 11) is 1.68. The maximum Gasteiger partial charge on any atom is 0.268 e. The molecule has 1 saturated heterocycles. The molecule has 0 unspecified atom stereocenters. The average molecular weight is 308 g/mol. The second-order valence-electron chi connectivity index (χ2n) is 5.91. The molecule has 0 aliphatic carbocycles. The topological polar surface area (TPSA) is 102 Å². The van der Waals surface area contributed by atoms with Crippen LogP contribution in [-0.2, 0) is 4.74 Å². The number of amides is 1. The summed E-state index contributed by atoms with van der Waals surface area (Å²) in [6.45, 7) is 2.36. The first-order valence-corrected chi connectivity index (χ1v) is 7.57. The lowest BCUT2D eigenvalue weighted by Crippen LogP contribution is -2.46. The average Bonchev–Trinajstić information content (AvgIpc) is 2.55. The van der Waals surface area contributed by atoms with Crippen LogP contribution in [0.5, 0.6) is 0 Å². The van der Waals surface area contributed by atoms with Crippen molar-refractivity contribution < 1.29 is 14.6 Å². The van der Waals surface area contributed by atoms with Crippen molar-refractivity contribution in [1.29, 1.82) is 0 Å². The Balaban J connectivity index is 2.11. The van der Waals surface area contributed by atoms with Crippen LogP contribution in [0.4, 0.5) is 5.82 Å². The van der Waals surface area contributed by atoms with Crippen LogP contribution in [0.2, 0.25) is 0 Å². The summed E-state index contributed by atoms with van der Waals surface area (Å²) in [5, 5.41) is 9.87. The molecule has 3 N–H and O–H groups in total. The summed E-state index contributed by atoms with van der Waals surface area (Å²) in [6, 6.07) is 0. The van der Waals surface area contributed by atoms with Gasteiger partial charge in [-0.15, -0.1) is 0 Å². The fraction of sp³-hybridized carbons (Fsp3) is 0.667. The Bertz CT molecular complexity index is 511. The molecular formula is C15H24N4O3. The van der Waals surface area contributed by atoms with Gasteiger partial charge in [0.15, 0.2) is 0 Å². The Hall–Kier alpha value is -1.73. The molecular weight excluding hydrogens is 284 g/mol. The maximum absolute atomic E-state index is 11.2. The van der Waals surface area contributed by atoms with Gasteiger partial charge in [-0.2, -0.15) is 0 Å². The van der Waals surface area contributed by atoms with E-state index < -0.39 is 5.91 Å². The van der Waals surface area contributed by atoms with Crippen molar-refractivity contribution in [3.8, 4) is 0 Å². The van der Waals surface area contributed by atoms with Crippen LogP contribution in [0.25, 0.3) is 0 Å². The van der Waals surface area contributed by atoms with Crippen molar-refractivity contribution >= 4 is 11.7 Å². The zero-order chi connectivity index (χ0) is 16.0. The first kappa shape index (κ1) is 16.6. The summed E-state index contributed by atoms with van der Waals surface area (Å²) in [5.41, 5.74) is 5.27. The number of rotatable bonds is 7. The van der Waals surface area contributed by atoms with Gasteiger partial charge < -0.3 is 20.5 Å². The smallest absolute Gasteiger partial charge is 0.268 e. The lowest BCUT2D eigenvalue weighted by atomic mass is 9.77. The number of hydrogen-bond donors (Lipinski definition) is 2. The van der Waals surface area contributed by atoms with Gasteiger partial charge in [-0.3, -0.25) is 9.78 Å². The molecule has 2 rings (SSSR count). The van der Waals surface area contributed by atoms with E-state index in [0.29, 0.717) is 19.0 Å². The molecule has 0 saturated carbocycles. The Morgan fingerprint density at radius 1 is 1.55 bits per heavy atom. The molecule has 1 fully saturated rings. The zero-order valence-corrected chi connectivity index (χ0v) is 13.0. The van der Waals surface area contributed by atoms with Crippen molar-refractivity contribution in [2.45, 2.75) is 25.7 Å². The lowest BCUT2D eigenvalue weighted by molar-refractivity contribution is 0.0820. The fourth-order valence-corrected chi connectivity index (χ4v) is 3.03. The predicted molar refractivity (Wildman–Crippen MR) is 82.6 cm³/mol. The molecule has 1 aromatic heterocycles. The Morgan fingerprint density at radius 3 is 3.05 bits per heavy atom. The van der Waals surface area contributed by atoms with Gasteiger partial charge >= 0.3 is 0 Å². The van der Waals surface area contributed by atoms with Crippen molar-refractivity contribution in [1.82, 2.24) is 9.97 Å². The minimum atomic E-state index is -0.583. The summed E-state index contributed by atoms with van der Waals surface area (Å²) < 4.78 is 5.11. The molecule has 122 valence electrons. The standard InChI is InChI=1S/C15H24N4O3/c1-22-7-3-5-15(11-20)4-2-6-19(10-15)13-9-17-8-12(18-13)14(16)21/h8-9,20H,2-7,10-11H2,1H3,(H2,16,21)/t15-/m1/s1. The van der Waals surface area contributed by atoms with Gasteiger partial charge in [0, 0.05) is 32.2 Å². The number of anilines is 1. The number of nitrogens with zero attached hydrogens (tertiary/aromatic N) is 3. The van der Waals surface area contributed by atoms with Crippen molar-refractivity contribution in [2.75, 3.05) is 38.3 Å². The number of aromatic nitrogens is 2. The SMILES string of the molecule is COCCC[C@]1(CO)CCCN(c2cncc(C(N)=O)n2)C1. The second kappa shape index (κ2) is 7.51. The molecule has 0 radical (unpaired) electrons. The molecule has 7 heteroatoms. The molecule has 1 amide bonds. The minimum Gasteiger partial charge on any atom is -0.396 e. The van der Waals surface area contributed by atoms with Gasteiger partial charge in [0.25, 0.3) is 5.91 Å². The van der Waals surface area contributed by atoms with Gasteiger partial charge in [0.1, 0.15) is 11.5 Å². The van der Waals surface area contributed by atoms with Crippen molar-refractivity contribution in [3.63, 3.8) is 0 Å². The summed E-state index contributed by atoms with van der Waals surface area (Å²) in [6.07, 6.45) is 6.76. The van der Waals surface area contributed by atoms with Crippen LogP contribution in [0.15, 0.2) is 12.4 Å². The number of carbonyl (C=O) groups is 1. The van der Waals surface area contributed by atoms with Gasteiger partial charge in [-0.05, 0) is 25.7 Å². The summed E-state index contributed by atoms with van der Waals surface area (Å²) in [4.78, 5) is 21.6. The first-order chi connectivity index (χ1) is 10.6. The number of carbonyl (C=O) groups excluding carboxylic acids is 1. The quantitative estimate of drug-likeness (QED) is 0.715. The highest BCUT2D eigenvalue weighted by Crippen LogP contribution is 2.35. The van der Waals surface area contributed by atoms with Crippen LogP contribution in [-0.4, -0.2) is 54.4 Å². The number of aliphatic hydroxyl groups is 1. The number of nitrogens with two attached hydrogens (primary N) is 1. The van der Waals surface area contributed by atoms with E-state index in [2.05, 4.69) is 14.9 Å². The molecule has 1 atom stereocenters. The van der Waals surface area contributed by atoms with Gasteiger partial charge in [0.05, 0.1) is 19.0 Å². The first-order valence-electron chi connectivity index (χ1n) is 7.57. The van der Waals surface area contributed by atoms with E-state index >= 15 is 0 Å². The minimum absolute atomic E-state index is 0.135. The number of hydrogen-bond acceptors (Lipinski definition) is 6. The van der Waals surface area contributed by atoms with E-state index in [1.165, 1.54) is 6.20 Å². The number of primary amides is 1. The number of ether oxygens (including phenoxy) is 1. The van der Waals surface area contributed by atoms with Crippen LogP contribution >= 0.6 is 0 Å². The predicted octanol–water partition coefficient (Wildman–Crippen LogP) is 0.581. The third-order valence-electron chi connectivity index (χ3n) is 4.25. The van der Waals surface area contributed by atoms with E-state index in [0.717, 1.165) is 32.2 Å². The van der Waals surface area contributed by atoms with E-state index in [1.807, 2.05) is 0 Å². The maximum atomic E-state index is 11.2. The van der Waals surface area contributed by atoms with Crippen molar-refractivity contribution in [2.24, 2.45) is 11.1 Å². The van der Waals surface area contributed by atoms with Crippen LogP contribution in [0.3, 0.4) is 0 Å². The van der Waals surface area contributed by atoms with E-state index in [-0.39, 0.29) is 17.7 Å². The second-order valence-corrected chi connectivity index (χ2v) is 5.91. The normalized spacial score (nSPS) is 21.8. The molecule has 7 nitrogen and oxygen atoms in total. The van der Waals surface area contributed by atoms with Gasteiger partial charge in [0.2, 0.25) is 0 Å². The number of piperidine rings is 1. The third-order valence-corrected chi connectivity index (χ3v) is 4.25. The molecule has 2 heterocycles. The monoisotopic (exact) mass is 308 g/mol. The third kappa shape index (κ3) is 3.92. The van der Waals surface area contributed by atoms with E-state index in [1.54, 1.807) is 13.3 Å². The molecule has 1 aromatic rings. The summed E-state index contributed by atoms with van der Waals surface area (Å²) >= 11 is 0. The highest BCUT2D eigenvalue weighted by molar-refractivity contribution is 5.90. The molecule has 1 aliphatic heterocycles. The molecule has 22 heavy (non-hydrogen) atoms. The van der Waals surface area contributed by atoms with Crippen LogP contribution in [0, 0.1) is 5.41 Å². The number of methoxy groups -OCH3 is 1. The molecule has 0 spiro atoms. The largest absolute Gasteiger partial charge is 0.396 e. The Labute approximate surface area is 130 Å². The van der Waals surface area contributed by atoms with Crippen LogP contribution < -0.4 is 10.6 Å². The Morgan fingerprint density at radius 2 is 2.36 bits per heavy atom. The van der Waals surface area contributed by atoms with E-state index in [4.69, 9.17) is 10.5 Å². The highest BCUT2D eigenvalue weighted by Gasteiger charge is 2.35. The molecule has 1 aliphatic rings. The van der Waals surface area contributed by atoms with Gasteiger partial charge in [-0.1, -0.05) is 0 Å². The fourth-order valence-electron chi connectivity index (χ4n) is 3.03. The number of aliphatic hydroxyl groups excluding tert-OH is 1. The lowest BCUT2D eigenvalue weighted by Gasteiger charge is -2.42. The Kier molecular flexibility index (Phi) is 5.68. The molecule has 0 bridgehead atoms.